The maximum atomic E-state index is 13.4. The number of anilines is 1. The van der Waals surface area contributed by atoms with Gasteiger partial charge in [-0.1, -0.05) is 25.5 Å². The van der Waals surface area contributed by atoms with Crippen molar-refractivity contribution in [2.45, 2.75) is 69.9 Å². The molecule has 1 aromatic rings. The molecular weight excluding hydrogens is 366 g/mol. The lowest BCUT2D eigenvalue weighted by Gasteiger charge is -2.36. The molecule has 1 atom stereocenters. The number of nitrogens with zero attached hydrogens (tertiary/aromatic N) is 1. The van der Waals surface area contributed by atoms with Gasteiger partial charge in [0.25, 0.3) is 0 Å². The van der Waals surface area contributed by atoms with Gasteiger partial charge in [0.05, 0.1) is 12.7 Å². The van der Waals surface area contributed by atoms with Crippen LogP contribution in [0.15, 0.2) is 24.3 Å². The first-order valence-electron chi connectivity index (χ1n) is 10.1. The Morgan fingerprint density at radius 2 is 2.11 bits per heavy atom. The van der Waals surface area contributed by atoms with E-state index in [4.69, 9.17) is 4.74 Å². The summed E-state index contributed by atoms with van der Waals surface area (Å²) in [5.41, 5.74) is 1.64. The fraction of sp³-hybridized carbons (Fsp3) is 0.667. The normalized spacial score (nSPS) is 17.8. The maximum Gasteiger partial charge on any atom is 0.407 e. The van der Waals surface area contributed by atoms with E-state index in [0.29, 0.717) is 32.4 Å². The van der Waals surface area contributed by atoms with Crippen molar-refractivity contribution in [2.24, 2.45) is 0 Å². The van der Waals surface area contributed by atoms with E-state index in [0.717, 1.165) is 24.1 Å². The molecule has 158 valence electrons. The average molecular weight is 398 g/mol. The number of alkyl halides is 2. The minimum absolute atomic E-state index is 0.0755. The molecule has 0 spiro atoms. The van der Waals surface area contributed by atoms with Crippen LogP contribution in [0.25, 0.3) is 0 Å². The quantitative estimate of drug-likeness (QED) is 0.595. The van der Waals surface area contributed by atoms with Crippen molar-refractivity contribution in [2.75, 3.05) is 25.1 Å². The second-order valence-corrected chi connectivity index (χ2v) is 7.51. The van der Waals surface area contributed by atoms with Crippen LogP contribution in [0.2, 0.25) is 0 Å². The van der Waals surface area contributed by atoms with Gasteiger partial charge >= 0.3 is 6.09 Å². The molecule has 1 saturated carbocycles. The number of hydrogen-bond donors (Lipinski definition) is 2. The van der Waals surface area contributed by atoms with Crippen LogP contribution in [0.1, 0.15) is 63.5 Å². The number of carbonyl (C=O) groups excluding carboxylic acids is 1. The van der Waals surface area contributed by atoms with Crippen molar-refractivity contribution in [3.05, 3.63) is 29.8 Å². The van der Waals surface area contributed by atoms with Gasteiger partial charge in [-0.3, -0.25) is 0 Å². The Bertz CT molecular complexity index is 617. The molecule has 2 N–H and O–H groups in total. The van der Waals surface area contributed by atoms with Gasteiger partial charge in [-0.05, 0) is 43.4 Å². The molecule has 1 unspecified atom stereocenters. The lowest BCUT2D eigenvalue weighted by Crippen LogP contribution is -2.38. The molecule has 7 heteroatoms. The molecule has 1 aliphatic rings. The van der Waals surface area contributed by atoms with E-state index in [1.54, 1.807) is 0 Å². The third-order valence-electron chi connectivity index (χ3n) is 5.31. The van der Waals surface area contributed by atoms with Crippen LogP contribution in [0.5, 0.6) is 0 Å². The van der Waals surface area contributed by atoms with Crippen molar-refractivity contribution in [3.63, 3.8) is 0 Å². The summed E-state index contributed by atoms with van der Waals surface area (Å²) in [5, 5.41) is 13.1. The van der Waals surface area contributed by atoms with Crippen LogP contribution in [0.3, 0.4) is 0 Å². The minimum Gasteiger partial charge on any atom is -0.450 e. The van der Waals surface area contributed by atoms with Gasteiger partial charge in [0, 0.05) is 38.2 Å². The first-order valence-corrected chi connectivity index (χ1v) is 10.1. The number of amides is 1. The SMILES string of the molecule is CCCCOC(=O)NCCC(O)c1cccc(N(C)C2CCC(F)(F)CC2)c1. The summed E-state index contributed by atoms with van der Waals surface area (Å²) in [6.07, 6.45) is 1.72. The minimum atomic E-state index is -2.54. The molecule has 1 aromatic carbocycles. The van der Waals surface area contributed by atoms with Crippen LogP contribution >= 0.6 is 0 Å². The van der Waals surface area contributed by atoms with Crippen LogP contribution in [-0.4, -0.2) is 43.4 Å². The predicted molar refractivity (Wildman–Crippen MR) is 106 cm³/mol. The Kier molecular flexibility index (Phi) is 8.48. The number of rotatable bonds is 9. The summed E-state index contributed by atoms with van der Waals surface area (Å²) in [6.45, 7) is 2.73. The lowest BCUT2D eigenvalue weighted by atomic mass is 9.91. The monoisotopic (exact) mass is 398 g/mol. The molecule has 28 heavy (non-hydrogen) atoms. The van der Waals surface area contributed by atoms with Crippen molar-refractivity contribution >= 4 is 11.8 Å². The number of nitrogens with one attached hydrogen (secondary N) is 1. The number of halogens is 2. The summed E-state index contributed by atoms with van der Waals surface area (Å²) in [5.74, 6) is -2.54. The molecule has 1 fully saturated rings. The summed E-state index contributed by atoms with van der Waals surface area (Å²) in [7, 11) is 1.91. The summed E-state index contributed by atoms with van der Waals surface area (Å²) in [4.78, 5) is 13.5. The Morgan fingerprint density at radius 3 is 2.79 bits per heavy atom. The van der Waals surface area contributed by atoms with Crippen molar-refractivity contribution < 1.29 is 23.4 Å². The van der Waals surface area contributed by atoms with Gasteiger partial charge in [-0.2, -0.15) is 0 Å². The number of aliphatic hydroxyl groups excluding tert-OH is 1. The second-order valence-electron chi connectivity index (χ2n) is 7.51. The van der Waals surface area contributed by atoms with Gasteiger partial charge in [0.1, 0.15) is 0 Å². The summed E-state index contributed by atoms with van der Waals surface area (Å²) >= 11 is 0. The number of unbranched alkanes of at least 4 members (excludes halogenated alkanes) is 1. The first kappa shape index (κ1) is 22.4. The fourth-order valence-corrected chi connectivity index (χ4v) is 3.41. The van der Waals surface area contributed by atoms with Crippen molar-refractivity contribution in [3.8, 4) is 0 Å². The highest BCUT2D eigenvalue weighted by atomic mass is 19.3. The average Bonchev–Trinajstić information content (AvgIpc) is 2.67. The first-order chi connectivity index (χ1) is 13.3. The molecule has 0 heterocycles. The van der Waals surface area contributed by atoms with Crippen molar-refractivity contribution in [1.82, 2.24) is 5.32 Å². The fourth-order valence-electron chi connectivity index (χ4n) is 3.41. The number of hydrogen-bond acceptors (Lipinski definition) is 4. The Morgan fingerprint density at radius 1 is 1.39 bits per heavy atom. The zero-order valence-corrected chi connectivity index (χ0v) is 16.8. The highest BCUT2D eigenvalue weighted by molar-refractivity contribution is 5.67. The number of benzene rings is 1. The predicted octanol–water partition coefficient (Wildman–Crippen LogP) is 4.65. The Labute approximate surface area is 166 Å². The van der Waals surface area contributed by atoms with E-state index in [2.05, 4.69) is 5.32 Å². The van der Waals surface area contributed by atoms with E-state index in [1.807, 2.05) is 43.1 Å². The molecule has 1 aliphatic carbocycles. The largest absolute Gasteiger partial charge is 0.450 e. The number of carbonyl (C=O) groups is 1. The molecule has 0 saturated heterocycles. The third kappa shape index (κ3) is 6.93. The Hall–Kier alpha value is -1.89. The van der Waals surface area contributed by atoms with Gasteiger partial charge < -0.3 is 20.1 Å². The molecule has 0 radical (unpaired) electrons. The van der Waals surface area contributed by atoms with Gasteiger partial charge in [0.15, 0.2) is 0 Å². The zero-order chi connectivity index (χ0) is 20.6. The van der Waals surface area contributed by atoms with E-state index >= 15 is 0 Å². The highest BCUT2D eigenvalue weighted by Gasteiger charge is 2.36. The molecular formula is C21H32F2N2O3. The van der Waals surface area contributed by atoms with Crippen LogP contribution in [0, 0.1) is 0 Å². The number of aliphatic hydroxyl groups is 1. The Balaban J connectivity index is 1.83. The molecule has 5 nitrogen and oxygen atoms in total. The van der Waals surface area contributed by atoms with Crippen LogP contribution in [0.4, 0.5) is 19.3 Å². The topological polar surface area (TPSA) is 61.8 Å². The van der Waals surface area contributed by atoms with E-state index in [9.17, 15) is 18.7 Å². The standard InChI is InChI=1S/C21H32F2N2O3/c1-3-4-14-28-20(27)24-13-10-19(26)16-6-5-7-18(15-16)25(2)17-8-11-21(22,23)12-9-17/h5-7,15,17,19,26H,3-4,8-14H2,1-2H3,(H,24,27). The van der Waals surface area contributed by atoms with E-state index in [-0.39, 0.29) is 18.9 Å². The summed E-state index contributed by atoms with van der Waals surface area (Å²) < 4.78 is 31.8. The second kappa shape index (κ2) is 10.6. The molecule has 0 bridgehead atoms. The maximum absolute atomic E-state index is 13.4. The van der Waals surface area contributed by atoms with Gasteiger partial charge in [-0.25, -0.2) is 13.6 Å². The number of alkyl carbamates (subject to hydrolysis) is 1. The van der Waals surface area contributed by atoms with E-state index < -0.39 is 18.1 Å². The van der Waals surface area contributed by atoms with Crippen LogP contribution < -0.4 is 10.2 Å². The smallest absolute Gasteiger partial charge is 0.407 e. The summed E-state index contributed by atoms with van der Waals surface area (Å²) in [6, 6.07) is 7.57. The molecule has 1 amide bonds. The van der Waals surface area contributed by atoms with Crippen molar-refractivity contribution in [1.29, 1.82) is 0 Å². The molecule has 2 rings (SSSR count). The van der Waals surface area contributed by atoms with Crippen LogP contribution in [-0.2, 0) is 4.74 Å². The molecule has 0 aromatic heterocycles. The zero-order valence-electron chi connectivity index (χ0n) is 16.8. The van der Waals surface area contributed by atoms with Gasteiger partial charge in [-0.15, -0.1) is 0 Å². The lowest BCUT2D eigenvalue weighted by molar-refractivity contribution is -0.0378. The number of ether oxygens (including phenoxy) is 1. The highest BCUT2D eigenvalue weighted by Crippen LogP contribution is 2.36. The van der Waals surface area contributed by atoms with Gasteiger partial charge in [0.2, 0.25) is 5.92 Å². The third-order valence-corrected chi connectivity index (χ3v) is 5.31. The van der Waals surface area contributed by atoms with E-state index in [1.165, 1.54) is 0 Å². The molecule has 0 aliphatic heterocycles.